The van der Waals surface area contributed by atoms with Gasteiger partial charge in [-0.1, -0.05) is 18.2 Å². The van der Waals surface area contributed by atoms with Crippen molar-refractivity contribution in [2.24, 2.45) is 0 Å². The zero-order valence-corrected chi connectivity index (χ0v) is 16.9. The van der Waals surface area contributed by atoms with Crippen LogP contribution in [0.5, 0.6) is 5.75 Å². The SMILES string of the molecule is COc1cc(-c2ccc(C(=O)N3CCC(c4cccnc4)C3)cc2)cc(C(F)(F)F)c1. The van der Waals surface area contributed by atoms with Crippen LogP contribution in [0.4, 0.5) is 13.2 Å². The molecule has 1 atom stereocenters. The summed E-state index contributed by atoms with van der Waals surface area (Å²) in [6, 6.07) is 14.1. The van der Waals surface area contributed by atoms with E-state index in [1.807, 2.05) is 18.3 Å². The van der Waals surface area contributed by atoms with Gasteiger partial charge in [0.05, 0.1) is 12.7 Å². The molecule has 7 heteroatoms. The summed E-state index contributed by atoms with van der Waals surface area (Å²) in [5.74, 6) is 0.303. The summed E-state index contributed by atoms with van der Waals surface area (Å²) in [5, 5.41) is 0. The zero-order valence-electron chi connectivity index (χ0n) is 16.9. The van der Waals surface area contributed by atoms with E-state index in [9.17, 15) is 18.0 Å². The van der Waals surface area contributed by atoms with Crippen molar-refractivity contribution in [3.63, 3.8) is 0 Å². The van der Waals surface area contributed by atoms with E-state index >= 15 is 0 Å². The van der Waals surface area contributed by atoms with E-state index in [1.54, 1.807) is 41.4 Å². The minimum absolute atomic E-state index is 0.0837. The van der Waals surface area contributed by atoms with Crippen molar-refractivity contribution < 1.29 is 22.7 Å². The minimum Gasteiger partial charge on any atom is -0.497 e. The maximum Gasteiger partial charge on any atom is 0.416 e. The Balaban J connectivity index is 1.52. The van der Waals surface area contributed by atoms with Crippen molar-refractivity contribution in [2.45, 2.75) is 18.5 Å². The average molecular weight is 426 g/mol. The van der Waals surface area contributed by atoms with Gasteiger partial charge in [-0.25, -0.2) is 0 Å². The fourth-order valence-electron chi connectivity index (χ4n) is 3.87. The van der Waals surface area contributed by atoms with Gasteiger partial charge in [0, 0.05) is 37.0 Å². The molecule has 0 spiro atoms. The molecule has 1 aliphatic heterocycles. The number of hydrogen-bond acceptors (Lipinski definition) is 3. The van der Waals surface area contributed by atoms with Gasteiger partial charge in [-0.15, -0.1) is 0 Å². The number of halogens is 3. The maximum atomic E-state index is 13.2. The van der Waals surface area contributed by atoms with E-state index in [0.29, 0.717) is 29.8 Å². The van der Waals surface area contributed by atoms with Crippen molar-refractivity contribution in [3.05, 3.63) is 83.7 Å². The van der Waals surface area contributed by atoms with Crippen LogP contribution in [0.3, 0.4) is 0 Å². The summed E-state index contributed by atoms with van der Waals surface area (Å²) in [4.78, 5) is 18.9. The van der Waals surface area contributed by atoms with E-state index in [0.717, 1.165) is 24.1 Å². The highest BCUT2D eigenvalue weighted by atomic mass is 19.4. The minimum atomic E-state index is -4.47. The Morgan fingerprint density at radius 2 is 1.87 bits per heavy atom. The van der Waals surface area contributed by atoms with Crippen molar-refractivity contribution in [1.29, 1.82) is 0 Å². The van der Waals surface area contributed by atoms with Crippen LogP contribution in [0.1, 0.15) is 33.8 Å². The van der Waals surface area contributed by atoms with Gasteiger partial charge in [-0.05, 0) is 59.5 Å². The third-order valence-corrected chi connectivity index (χ3v) is 5.57. The second-order valence-corrected chi connectivity index (χ2v) is 7.55. The van der Waals surface area contributed by atoms with Crippen LogP contribution in [0.2, 0.25) is 0 Å². The number of pyridine rings is 1. The lowest BCUT2D eigenvalue weighted by Crippen LogP contribution is -2.28. The highest BCUT2D eigenvalue weighted by Crippen LogP contribution is 2.36. The fourth-order valence-corrected chi connectivity index (χ4v) is 3.87. The number of rotatable bonds is 4. The summed E-state index contributed by atoms with van der Waals surface area (Å²) < 4.78 is 44.6. The third-order valence-electron chi connectivity index (χ3n) is 5.57. The van der Waals surface area contributed by atoms with Gasteiger partial charge >= 0.3 is 6.18 Å². The fraction of sp³-hybridized carbons (Fsp3) is 0.250. The molecule has 1 amide bonds. The first-order valence-electron chi connectivity index (χ1n) is 9.91. The molecule has 0 aliphatic carbocycles. The lowest BCUT2D eigenvalue weighted by molar-refractivity contribution is -0.137. The monoisotopic (exact) mass is 426 g/mol. The van der Waals surface area contributed by atoms with Gasteiger partial charge in [0.2, 0.25) is 0 Å². The number of hydrogen-bond donors (Lipinski definition) is 0. The number of carbonyl (C=O) groups excluding carboxylic acids is 1. The number of nitrogens with zero attached hydrogens (tertiary/aromatic N) is 2. The average Bonchev–Trinajstić information content (AvgIpc) is 3.29. The highest BCUT2D eigenvalue weighted by molar-refractivity contribution is 5.95. The summed E-state index contributed by atoms with van der Waals surface area (Å²) in [6.45, 7) is 1.28. The lowest BCUT2D eigenvalue weighted by atomic mass is 10.0. The molecular formula is C24H21F3N2O2. The number of ether oxygens (including phenoxy) is 1. The quantitative estimate of drug-likeness (QED) is 0.561. The van der Waals surface area contributed by atoms with Gasteiger partial charge in [0.15, 0.2) is 0 Å². The van der Waals surface area contributed by atoms with E-state index in [-0.39, 0.29) is 17.6 Å². The molecule has 2 heterocycles. The van der Waals surface area contributed by atoms with Crippen molar-refractivity contribution in [3.8, 4) is 16.9 Å². The Kier molecular flexibility index (Phi) is 5.67. The molecule has 2 aromatic carbocycles. The summed E-state index contributed by atoms with van der Waals surface area (Å²) in [5.41, 5.74) is 1.81. The van der Waals surface area contributed by atoms with Crippen LogP contribution >= 0.6 is 0 Å². The Labute approximate surface area is 178 Å². The van der Waals surface area contributed by atoms with Crippen molar-refractivity contribution in [1.82, 2.24) is 9.88 Å². The van der Waals surface area contributed by atoms with E-state index in [4.69, 9.17) is 4.74 Å². The maximum absolute atomic E-state index is 13.2. The molecule has 0 saturated carbocycles. The largest absolute Gasteiger partial charge is 0.497 e. The van der Waals surface area contributed by atoms with Crippen LogP contribution in [0, 0.1) is 0 Å². The van der Waals surface area contributed by atoms with E-state index in [2.05, 4.69) is 4.98 Å². The Morgan fingerprint density at radius 3 is 2.52 bits per heavy atom. The van der Waals surface area contributed by atoms with Crippen LogP contribution in [0.15, 0.2) is 67.0 Å². The van der Waals surface area contributed by atoms with Gasteiger partial charge in [0.1, 0.15) is 5.75 Å². The lowest BCUT2D eigenvalue weighted by Gasteiger charge is -2.17. The van der Waals surface area contributed by atoms with Crippen molar-refractivity contribution in [2.75, 3.05) is 20.2 Å². The Morgan fingerprint density at radius 1 is 1.10 bits per heavy atom. The number of amides is 1. The van der Waals surface area contributed by atoms with Crippen LogP contribution in [-0.2, 0) is 6.18 Å². The molecule has 0 N–H and O–H groups in total. The number of aromatic nitrogens is 1. The molecule has 0 bridgehead atoms. The predicted octanol–water partition coefficient (Wildman–Crippen LogP) is 5.41. The normalized spacial score (nSPS) is 16.4. The number of alkyl halides is 3. The molecule has 31 heavy (non-hydrogen) atoms. The summed E-state index contributed by atoms with van der Waals surface area (Å²) >= 11 is 0. The molecule has 1 unspecified atom stereocenters. The third kappa shape index (κ3) is 4.55. The van der Waals surface area contributed by atoms with Crippen LogP contribution < -0.4 is 4.74 Å². The Hall–Kier alpha value is -3.35. The second kappa shape index (κ2) is 8.41. The van der Waals surface area contributed by atoms with Crippen molar-refractivity contribution >= 4 is 5.91 Å². The van der Waals surface area contributed by atoms with Gasteiger partial charge in [-0.2, -0.15) is 13.2 Å². The molecule has 4 nitrogen and oxygen atoms in total. The van der Waals surface area contributed by atoms with Gasteiger partial charge in [0.25, 0.3) is 5.91 Å². The summed E-state index contributed by atoms with van der Waals surface area (Å²) in [6.07, 6.45) is -0.0427. The molecule has 0 radical (unpaired) electrons. The number of benzene rings is 2. The first kappa shape index (κ1) is 20.9. The molecule has 4 rings (SSSR count). The number of carbonyl (C=O) groups is 1. The Bertz CT molecular complexity index is 1070. The smallest absolute Gasteiger partial charge is 0.416 e. The molecule has 3 aromatic rings. The molecule has 160 valence electrons. The number of likely N-dealkylation sites (tertiary alicyclic amines) is 1. The molecule has 1 saturated heterocycles. The van der Waals surface area contributed by atoms with Crippen LogP contribution in [-0.4, -0.2) is 36.0 Å². The highest BCUT2D eigenvalue weighted by Gasteiger charge is 2.32. The first-order valence-corrected chi connectivity index (χ1v) is 9.91. The zero-order chi connectivity index (χ0) is 22.0. The van der Waals surface area contributed by atoms with Crippen LogP contribution in [0.25, 0.3) is 11.1 Å². The molecule has 1 aliphatic rings. The van der Waals surface area contributed by atoms with E-state index < -0.39 is 11.7 Å². The van der Waals surface area contributed by atoms with Gasteiger partial charge < -0.3 is 9.64 Å². The molecule has 1 fully saturated rings. The predicted molar refractivity (Wildman–Crippen MR) is 111 cm³/mol. The van der Waals surface area contributed by atoms with Gasteiger partial charge in [-0.3, -0.25) is 9.78 Å². The topological polar surface area (TPSA) is 42.4 Å². The van der Waals surface area contributed by atoms with E-state index in [1.165, 1.54) is 7.11 Å². The second-order valence-electron chi connectivity index (χ2n) is 7.55. The standard InChI is InChI=1S/C24H21F3N2O2/c1-31-22-12-20(11-21(13-22)24(25,26)27)16-4-6-17(7-5-16)23(30)29-10-8-19(15-29)18-3-2-9-28-14-18/h2-7,9,11-14,19H,8,10,15H2,1H3. The first-order chi connectivity index (χ1) is 14.8. The summed E-state index contributed by atoms with van der Waals surface area (Å²) in [7, 11) is 1.33. The molecule has 1 aromatic heterocycles. The number of methoxy groups -OCH3 is 1. The molecular weight excluding hydrogens is 405 g/mol.